The molecule has 5 nitrogen and oxygen atoms in total. The lowest BCUT2D eigenvalue weighted by Gasteiger charge is -2.09. The molecule has 1 aromatic heterocycles. The Morgan fingerprint density at radius 3 is 2.44 bits per heavy atom. The molecular formula is C18H22F3N3O2S. The minimum Gasteiger partial charge on any atom is -0.269 e. The molecule has 3 rings (SSSR count). The average molecular weight is 401 g/mol. The number of alkyl halides is 3. The lowest BCUT2D eigenvalue weighted by molar-refractivity contribution is -0.141. The number of nitrogens with one attached hydrogen (secondary N) is 1. The molecule has 1 N–H and O–H groups in total. The molecule has 0 unspecified atom stereocenters. The summed E-state index contributed by atoms with van der Waals surface area (Å²) in [6.45, 7) is 2.35. The molecule has 1 aromatic carbocycles. The Morgan fingerprint density at radius 2 is 1.89 bits per heavy atom. The van der Waals surface area contributed by atoms with Crippen LogP contribution in [0.3, 0.4) is 0 Å². The second kappa shape index (κ2) is 7.63. The van der Waals surface area contributed by atoms with E-state index in [2.05, 4.69) is 9.82 Å². The Labute approximate surface area is 156 Å². The first-order chi connectivity index (χ1) is 12.7. The number of halogens is 3. The van der Waals surface area contributed by atoms with Gasteiger partial charge in [-0.25, -0.2) is 13.1 Å². The van der Waals surface area contributed by atoms with E-state index in [1.165, 1.54) is 4.68 Å². The zero-order chi connectivity index (χ0) is 19.7. The minimum atomic E-state index is -4.47. The van der Waals surface area contributed by atoms with Crippen molar-refractivity contribution in [2.75, 3.05) is 6.54 Å². The quantitative estimate of drug-likeness (QED) is 0.686. The van der Waals surface area contributed by atoms with E-state index in [9.17, 15) is 21.6 Å². The number of aromatic nitrogens is 2. The summed E-state index contributed by atoms with van der Waals surface area (Å²) in [5.74, 6) is 0.127. The highest BCUT2D eigenvalue weighted by atomic mass is 32.2. The van der Waals surface area contributed by atoms with Gasteiger partial charge >= 0.3 is 6.18 Å². The third-order valence-electron chi connectivity index (χ3n) is 4.58. The Morgan fingerprint density at radius 1 is 1.22 bits per heavy atom. The zero-order valence-electron chi connectivity index (χ0n) is 15.0. The molecule has 0 saturated heterocycles. The highest BCUT2D eigenvalue weighted by Gasteiger charge is 2.37. The van der Waals surface area contributed by atoms with Gasteiger partial charge in [0.25, 0.3) is 0 Å². The molecule has 0 radical (unpaired) electrons. The van der Waals surface area contributed by atoms with Gasteiger partial charge in [-0.05, 0) is 49.4 Å². The van der Waals surface area contributed by atoms with E-state index in [-0.39, 0.29) is 23.9 Å². The zero-order valence-corrected chi connectivity index (χ0v) is 15.8. The predicted octanol–water partition coefficient (Wildman–Crippen LogP) is 3.71. The second-order valence-corrected chi connectivity index (χ2v) is 8.47. The standard InChI is InChI=1S/C18H22F3N3O2S/c1-2-13-4-8-15(9-5-13)27(25,26)22-10-3-11-24-16(14-6-7-14)12-17(23-24)18(19,20)21/h4-5,8-9,12,14,22H,2-3,6-7,10-11H2,1H3. The number of rotatable bonds is 8. The van der Waals surface area contributed by atoms with Crippen LogP contribution in [0.25, 0.3) is 0 Å². The van der Waals surface area contributed by atoms with Gasteiger partial charge in [-0.3, -0.25) is 4.68 Å². The molecule has 148 valence electrons. The summed E-state index contributed by atoms with van der Waals surface area (Å²) >= 11 is 0. The summed E-state index contributed by atoms with van der Waals surface area (Å²) in [4.78, 5) is 0.178. The summed E-state index contributed by atoms with van der Waals surface area (Å²) < 4.78 is 67.1. The maximum atomic E-state index is 12.9. The predicted molar refractivity (Wildman–Crippen MR) is 94.8 cm³/mol. The van der Waals surface area contributed by atoms with E-state index in [1.54, 1.807) is 24.3 Å². The largest absolute Gasteiger partial charge is 0.435 e. The Bertz CT molecular complexity index is 886. The summed E-state index contributed by atoms with van der Waals surface area (Å²) in [7, 11) is -3.63. The van der Waals surface area contributed by atoms with Crippen molar-refractivity contribution in [3.8, 4) is 0 Å². The molecule has 0 amide bonds. The SMILES string of the molecule is CCc1ccc(S(=O)(=O)NCCCn2nc(C(F)(F)F)cc2C2CC2)cc1. The number of hydrogen-bond acceptors (Lipinski definition) is 3. The molecule has 2 aromatic rings. The first-order valence-electron chi connectivity index (χ1n) is 8.94. The Kier molecular flexibility index (Phi) is 5.62. The fraction of sp³-hybridized carbons (Fsp3) is 0.500. The fourth-order valence-corrected chi connectivity index (χ4v) is 3.95. The van der Waals surface area contributed by atoms with Gasteiger partial charge in [0.2, 0.25) is 10.0 Å². The van der Waals surface area contributed by atoms with Crippen LogP contribution in [0.4, 0.5) is 13.2 Å². The van der Waals surface area contributed by atoms with Crippen molar-refractivity contribution >= 4 is 10.0 Å². The van der Waals surface area contributed by atoms with Crippen LogP contribution in [0.15, 0.2) is 35.2 Å². The minimum absolute atomic E-state index is 0.127. The number of benzene rings is 1. The van der Waals surface area contributed by atoms with E-state index >= 15 is 0 Å². The van der Waals surface area contributed by atoms with Crippen molar-refractivity contribution < 1.29 is 21.6 Å². The number of aryl methyl sites for hydroxylation is 2. The highest BCUT2D eigenvalue weighted by Crippen LogP contribution is 2.42. The van der Waals surface area contributed by atoms with Crippen molar-refractivity contribution in [1.82, 2.24) is 14.5 Å². The van der Waals surface area contributed by atoms with Crippen LogP contribution < -0.4 is 4.72 Å². The normalized spacial score (nSPS) is 15.3. The third kappa shape index (κ3) is 4.90. The lowest BCUT2D eigenvalue weighted by atomic mass is 10.2. The van der Waals surface area contributed by atoms with E-state index in [0.29, 0.717) is 12.1 Å². The van der Waals surface area contributed by atoms with Gasteiger partial charge < -0.3 is 0 Å². The molecule has 0 bridgehead atoms. The Hall–Kier alpha value is -1.87. The van der Waals surface area contributed by atoms with Gasteiger partial charge in [-0.2, -0.15) is 18.3 Å². The van der Waals surface area contributed by atoms with E-state index in [1.807, 2.05) is 6.92 Å². The van der Waals surface area contributed by atoms with Gasteiger partial charge in [0.15, 0.2) is 5.69 Å². The van der Waals surface area contributed by atoms with Crippen molar-refractivity contribution in [3.05, 3.63) is 47.3 Å². The maximum absolute atomic E-state index is 12.9. The summed E-state index contributed by atoms with van der Waals surface area (Å²) in [5, 5.41) is 3.67. The molecule has 1 saturated carbocycles. The maximum Gasteiger partial charge on any atom is 0.435 e. The summed E-state index contributed by atoms with van der Waals surface area (Å²) in [5.41, 5.74) is 0.738. The molecule has 0 atom stereocenters. The lowest BCUT2D eigenvalue weighted by Crippen LogP contribution is -2.26. The molecule has 27 heavy (non-hydrogen) atoms. The number of hydrogen-bond donors (Lipinski definition) is 1. The average Bonchev–Trinajstić information content (AvgIpc) is 3.37. The third-order valence-corrected chi connectivity index (χ3v) is 6.05. The molecule has 1 aliphatic rings. The first kappa shape index (κ1) is 19.9. The molecular weight excluding hydrogens is 379 g/mol. The fourth-order valence-electron chi connectivity index (χ4n) is 2.88. The van der Waals surface area contributed by atoms with Crippen molar-refractivity contribution in [3.63, 3.8) is 0 Å². The molecule has 9 heteroatoms. The molecule has 1 heterocycles. The van der Waals surface area contributed by atoms with Gasteiger partial charge in [-0.15, -0.1) is 0 Å². The summed E-state index contributed by atoms with van der Waals surface area (Å²) in [6, 6.07) is 7.74. The molecule has 1 aliphatic carbocycles. The van der Waals surface area contributed by atoms with Crippen LogP contribution in [0.5, 0.6) is 0 Å². The molecule has 0 aliphatic heterocycles. The second-order valence-electron chi connectivity index (χ2n) is 6.70. The van der Waals surface area contributed by atoms with Crippen molar-refractivity contribution in [2.24, 2.45) is 0 Å². The van der Waals surface area contributed by atoms with Crippen molar-refractivity contribution in [2.45, 2.75) is 56.1 Å². The number of nitrogens with zero attached hydrogens (tertiary/aromatic N) is 2. The van der Waals surface area contributed by atoms with Gasteiger partial charge in [0.1, 0.15) is 0 Å². The van der Waals surface area contributed by atoms with Crippen molar-refractivity contribution in [1.29, 1.82) is 0 Å². The van der Waals surface area contributed by atoms with Crippen LogP contribution in [0, 0.1) is 0 Å². The van der Waals surface area contributed by atoms with E-state index < -0.39 is 21.9 Å². The van der Waals surface area contributed by atoms with Crippen LogP contribution in [-0.4, -0.2) is 24.7 Å². The van der Waals surface area contributed by atoms with Crippen LogP contribution in [-0.2, 0) is 29.2 Å². The van der Waals surface area contributed by atoms with E-state index in [4.69, 9.17) is 0 Å². The first-order valence-corrected chi connectivity index (χ1v) is 10.4. The monoisotopic (exact) mass is 401 g/mol. The Balaban J connectivity index is 1.59. The van der Waals surface area contributed by atoms with Gasteiger partial charge in [0, 0.05) is 24.7 Å². The number of sulfonamides is 1. The molecule has 0 spiro atoms. The smallest absolute Gasteiger partial charge is 0.269 e. The van der Waals surface area contributed by atoms with Crippen LogP contribution in [0.2, 0.25) is 0 Å². The van der Waals surface area contributed by atoms with Gasteiger partial charge in [-0.1, -0.05) is 19.1 Å². The van der Waals surface area contributed by atoms with E-state index in [0.717, 1.165) is 30.9 Å². The van der Waals surface area contributed by atoms with Crippen LogP contribution in [0.1, 0.15) is 49.1 Å². The topological polar surface area (TPSA) is 64.0 Å². The van der Waals surface area contributed by atoms with Crippen LogP contribution >= 0.6 is 0 Å². The molecule has 1 fully saturated rings. The van der Waals surface area contributed by atoms with Gasteiger partial charge in [0.05, 0.1) is 4.90 Å². The summed E-state index contributed by atoms with van der Waals surface area (Å²) in [6.07, 6.45) is -1.57. The highest BCUT2D eigenvalue weighted by molar-refractivity contribution is 7.89.